The monoisotopic (exact) mass is 828 g/mol. The molecule has 0 N–H and O–H groups in total. The summed E-state index contributed by atoms with van der Waals surface area (Å²) in [6.07, 6.45) is 3.16. The third-order valence-corrected chi connectivity index (χ3v) is 12.9. The highest BCUT2D eigenvalue weighted by atomic mass is 127. The van der Waals surface area contributed by atoms with Gasteiger partial charge in [0.05, 0.1) is 23.9 Å². The maximum atomic E-state index is 12.8. The van der Waals surface area contributed by atoms with E-state index < -0.39 is 14.0 Å². The summed E-state index contributed by atoms with van der Waals surface area (Å²) in [5.41, 5.74) is 3.54. The average molecular weight is 829 g/mol. The second-order valence-corrected chi connectivity index (χ2v) is 22.1. The highest BCUT2D eigenvalue weighted by Crippen LogP contribution is 2.38. The Bertz CT molecular complexity index is 2000. The lowest BCUT2D eigenvalue weighted by atomic mass is 10.0. The van der Waals surface area contributed by atoms with Gasteiger partial charge in [0.2, 0.25) is 0 Å². The minimum Gasteiger partial charge on any atom is -0.494 e. The van der Waals surface area contributed by atoms with Crippen LogP contribution in [0, 0.1) is 10.5 Å². The molecule has 0 amide bonds. The number of para-hydroxylation sites is 1. The number of fused-ring (bicyclic) bond motifs is 2. The summed E-state index contributed by atoms with van der Waals surface area (Å²) in [5, 5.41) is 10.1. The van der Waals surface area contributed by atoms with Gasteiger partial charge in [0.1, 0.15) is 12.5 Å². The highest BCUT2D eigenvalue weighted by molar-refractivity contribution is 14.1. The van der Waals surface area contributed by atoms with Crippen LogP contribution in [0.4, 0.5) is 16.8 Å². The number of halogens is 1. The number of carbonyl (C=O) groups is 1. The summed E-state index contributed by atoms with van der Waals surface area (Å²) in [6, 6.07) is 17.4. The van der Waals surface area contributed by atoms with Crippen molar-refractivity contribution >= 4 is 86.3 Å². The summed E-state index contributed by atoms with van der Waals surface area (Å²) < 4.78 is 21.6. The molecule has 49 heavy (non-hydrogen) atoms. The number of carbonyl (C=O) groups excluding carboxylic acids is 1. The summed E-state index contributed by atoms with van der Waals surface area (Å²) >= 11 is 5.41. The SMILES string of the molecule is COC(=O)c1nc(N2CCCc3c2nnc(/N=c2\sc4ccccc4n2COCC[Si](C)(C)C)c3C)sc1CCCOc1ccc(I)cc1. The first-order chi connectivity index (χ1) is 23.6. The van der Waals surface area contributed by atoms with Crippen molar-refractivity contribution in [2.45, 2.75) is 65.0 Å². The number of esters is 1. The van der Waals surface area contributed by atoms with Crippen LogP contribution in [0.15, 0.2) is 53.5 Å². The van der Waals surface area contributed by atoms with Crippen molar-refractivity contribution in [1.29, 1.82) is 0 Å². The van der Waals surface area contributed by atoms with E-state index in [4.69, 9.17) is 29.3 Å². The van der Waals surface area contributed by atoms with E-state index in [1.54, 1.807) is 11.3 Å². The molecular weight excluding hydrogens is 788 g/mol. The van der Waals surface area contributed by atoms with Crippen LogP contribution in [0.1, 0.15) is 39.3 Å². The van der Waals surface area contributed by atoms with Crippen molar-refractivity contribution in [3.63, 3.8) is 0 Å². The van der Waals surface area contributed by atoms with Gasteiger partial charge in [-0.3, -0.25) is 4.57 Å². The minimum atomic E-state index is -1.20. The Kier molecular flexibility index (Phi) is 11.5. The van der Waals surface area contributed by atoms with Gasteiger partial charge in [-0.05, 0) is 97.6 Å². The molecule has 258 valence electrons. The lowest BCUT2D eigenvalue weighted by Crippen LogP contribution is -2.27. The first-order valence-corrected chi connectivity index (χ1v) is 22.8. The van der Waals surface area contributed by atoms with Gasteiger partial charge in [-0.1, -0.05) is 43.1 Å². The van der Waals surface area contributed by atoms with Crippen molar-refractivity contribution < 1.29 is 19.0 Å². The Morgan fingerprint density at radius 3 is 2.63 bits per heavy atom. The smallest absolute Gasteiger partial charge is 0.357 e. The van der Waals surface area contributed by atoms with Gasteiger partial charge in [0.25, 0.3) is 0 Å². The molecule has 1 aliphatic rings. The van der Waals surface area contributed by atoms with Gasteiger partial charge >= 0.3 is 5.97 Å². The summed E-state index contributed by atoms with van der Waals surface area (Å²) in [6.45, 7) is 11.6. The van der Waals surface area contributed by atoms with Crippen LogP contribution in [0.25, 0.3) is 10.2 Å². The van der Waals surface area contributed by atoms with Crippen molar-refractivity contribution in [2.24, 2.45) is 4.99 Å². The molecule has 3 aromatic heterocycles. The van der Waals surface area contributed by atoms with Crippen molar-refractivity contribution in [3.05, 3.63) is 78.6 Å². The normalized spacial score (nSPS) is 13.6. The molecule has 0 fully saturated rings. The van der Waals surface area contributed by atoms with E-state index in [0.717, 1.165) is 84.6 Å². The van der Waals surface area contributed by atoms with Crippen LogP contribution >= 0.6 is 45.3 Å². The highest BCUT2D eigenvalue weighted by Gasteiger charge is 2.28. The van der Waals surface area contributed by atoms with Crippen molar-refractivity contribution in [1.82, 2.24) is 19.7 Å². The van der Waals surface area contributed by atoms with Gasteiger partial charge in [0, 0.05) is 40.8 Å². The Morgan fingerprint density at radius 2 is 1.86 bits per heavy atom. The fourth-order valence-electron chi connectivity index (χ4n) is 5.55. The van der Waals surface area contributed by atoms with E-state index in [9.17, 15) is 4.79 Å². The molecule has 0 unspecified atom stereocenters. The zero-order chi connectivity index (χ0) is 34.5. The molecule has 0 radical (unpaired) electrons. The minimum absolute atomic E-state index is 0.349. The van der Waals surface area contributed by atoms with Crippen LogP contribution in [0.3, 0.4) is 0 Å². The number of thiazole rings is 2. The maximum absolute atomic E-state index is 12.8. The molecule has 0 bridgehead atoms. The second-order valence-electron chi connectivity index (χ2n) is 13.1. The Balaban J connectivity index is 1.25. The number of ether oxygens (including phenoxy) is 3. The van der Waals surface area contributed by atoms with Crippen LogP contribution in [-0.4, -0.2) is 60.7 Å². The van der Waals surface area contributed by atoms with E-state index in [0.29, 0.717) is 36.4 Å². The molecule has 0 saturated carbocycles. The molecule has 4 heterocycles. The lowest BCUT2D eigenvalue weighted by molar-refractivity contribution is 0.0593. The molecule has 5 aromatic rings. The van der Waals surface area contributed by atoms with Crippen LogP contribution in [0.2, 0.25) is 25.7 Å². The number of hydrogen-bond donors (Lipinski definition) is 0. The average Bonchev–Trinajstić information content (AvgIpc) is 3.67. The first-order valence-electron chi connectivity index (χ1n) is 16.4. The van der Waals surface area contributed by atoms with Crippen LogP contribution in [0.5, 0.6) is 5.75 Å². The number of methoxy groups -OCH3 is 1. The third-order valence-electron chi connectivity index (χ3n) is 8.29. The summed E-state index contributed by atoms with van der Waals surface area (Å²) in [7, 11) is 0.190. The Labute approximate surface area is 309 Å². The number of anilines is 2. The number of benzene rings is 2. The first kappa shape index (κ1) is 35.6. The quantitative estimate of drug-likeness (QED) is 0.0506. The Morgan fingerprint density at radius 1 is 1.06 bits per heavy atom. The third kappa shape index (κ3) is 8.59. The summed E-state index contributed by atoms with van der Waals surface area (Å²) in [4.78, 5) is 26.4. The van der Waals surface area contributed by atoms with Crippen molar-refractivity contribution in [2.75, 3.05) is 31.8 Å². The van der Waals surface area contributed by atoms with E-state index in [-0.39, 0.29) is 0 Å². The van der Waals surface area contributed by atoms with E-state index in [2.05, 4.69) is 75.9 Å². The molecule has 10 nitrogen and oxygen atoms in total. The molecule has 2 aromatic carbocycles. The number of aromatic nitrogens is 4. The number of nitrogens with zero attached hydrogens (tertiary/aromatic N) is 6. The largest absolute Gasteiger partial charge is 0.494 e. The predicted molar refractivity (Wildman–Crippen MR) is 208 cm³/mol. The van der Waals surface area contributed by atoms with E-state index >= 15 is 0 Å². The molecule has 1 aliphatic heterocycles. The molecule has 0 aliphatic carbocycles. The zero-order valence-electron chi connectivity index (χ0n) is 28.5. The molecular formula is C35H41IN6O4S2Si. The van der Waals surface area contributed by atoms with Crippen LogP contribution in [-0.2, 0) is 29.0 Å². The number of hydrogen-bond acceptors (Lipinski definition) is 11. The van der Waals surface area contributed by atoms with Gasteiger partial charge in [-0.25, -0.2) is 9.78 Å². The molecule has 6 rings (SSSR count). The number of rotatable bonds is 13. The maximum Gasteiger partial charge on any atom is 0.357 e. The van der Waals surface area contributed by atoms with E-state index in [1.165, 1.54) is 18.4 Å². The zero-order valence-corrected chi connectivity index (χ0v) is 33.3. The van der Waals surface area contributed by atoms with Gasteiger partial charge in [-0.2, -0.15) is 4.99 Å². The Hall–Kier alpha value is -3.18. The van der Waals surface area contributed by atoms with E-state index in [1.807, 2.05) is 36.4 Å². The second kappa shape index (κ2) is 15.8. The predicted octanol–water partition coefficient (Wildman–Crippen LogP) is 8.29. The van der Waals surface area contributed by atoms with Gasteiger partial charge in [-0.15, -0.1) is 21.5 Å². The van der Waals surface area contributed by atoms with Gasteiger partial charge < -0.3 is 19.1 Å². The standard InChI is InChI=1S/C35H41IN6O4S2Si/c1-23-26-10-8-18-41(34-37-30(33(43)44-2)29(48-34)13-9-19-46-25-16-14-24(36)15-17-25)32(26)40-39-31(23)38-35-42(22-45-20-21-49(3,4)5)27-11-6-7-12-28(27)47-35/h6-7,11-12,14-17H,8-10,13,18-22H2,1-5H3/b38-35-. The molecule has 0 spiro atoms. The lowest BCUT2D eigenvalue weighted by Gasteiger charge is -2.28. The molecule has 14 heteroatoms. The van der Waals surface area contributed by atoms with Crippen LogP contribution < -0.4 is 14.4 Å². The number of aryl methyl sites for hydroxylation is 1. The topological polar surface area (TPSA) is 104 Å². The fourth-order valence-corrected chi connectivity index (χ4v) is 8.80. The fraction of sp³-hybridized carbons (Fsp3) is 0.400. The van der Waals surface area contributed by atoms with Gasteiger partial charge in [0.15, 0.2) is 27.3 Å². The molecule has 0 atom stereocenters. The van der Waals surface area contributed by atoms with Crippen molar-refractivity contribution in [3.8, 4) is 5.75 Å². The summed E-state index contributed by atoms with van der Waals surface area (Å²) in [5.74, 6) is 1.76. The molecule has 0 saturated heterocycles.